The first-order chi connectivity index (χ1) is 19.7. The summed E-state index contributed by atoms with van der Waals surface area (Å²) in [5, 5.41) is 14.1. The van der Waals surface area contributed by atoms with Crippen molar-refractivity contribution in [2.24, 2.45) is 17.8 Å². The molecular weight excluding hydrogens is 528 g/mol. The molecule has 10 heteroatoms. The molecule has 10 nitrogen and oxygen atoms in total. The van der Waals surface area contributed by atoms with E-state index >= 15 is 0 Å². The van der Waals surface area contributed by atoms with Crippen LogP contribution in [0.1, 0.15) is 66.1 Å². The van der Waals surface area contributed by atoms with Crippen molar-refractivity contribution in [3.05, 3.63) is 53.1 Å². The second-order valence-corrected chi connectivity index (χ2v) is 11.2. The lowest BCUT2D eigenvalue weighted by atomic mass is 9.72. The highest BCUT2D eigenvalue weighted by Gasteiger charge is 2.69. The topological polar surface area (TPSA) is 131 Å². The van der Waals surface area contributed by atoms with Gasteiger partial charge in [-0.15, -0.1) is 0 Å². The first kappa shape index (κ1) is 28.6. The van der Waals surface area contributed by atoms with Gasteiger partial charge in [-0.3, -0.25) is 19.7 Å². The van der Waals surface area contributed by atoms with Crippen LogP contribution in [0.25, 0.3) is 0 Å². The summed E-state index contributed by atoms with van der Waals surface area (Å²) < 4.78 is 16.1. The minimum absolute atomic E-state index is 0.0421. The maximum atomic E-state index is 14.3. The van der Waals surface area contributed by atoms with Crippen LogP contribution in [0.15, 0.2) is 36.4 Å². The molecule has 2 aliphatic heterocycles. The second kappa shape index (κ2) is 11.2. The molecule has 41 heavy (non-hydrogen) atoms. The molecule has 5 rings (SSSR count). The number of imide groups is 1. The predicted molar refractivity (Wildman–Crippen MR) is 149 cm³/mol. The van der Waals surface area contributed by atoms with Gasteiger partial charge in [-0.2, -0.15) is 0 Å². The minimum atomic E-state index is -1.73. The third kappa shape index (κ3) is 4.64. The standard InChI is InChI=1S/C31H36N2O8/c1-17-10-8-9-13-21(17)33-27(34)24-25(28(33)35)31(30(37)38,16-18-11-6-5-7-12-18)32-26(24)20-14-19(39-2)15-22(40-3)23(20)29(36)41-4/h8-10,13-15,18,24-26,32H,5-7,11-12,16H2,1-4H3,(H,37,38). The Kier molecular flexibility index (Phi) is 7.78. The van der Waals surface area contributed by atoms with Crippen molar-refractivity contribution in [3.63, 3.8) is 0 Å². The zero-order valence-electron chi connectivity index (χ0n) is 23.8. The van der Waals surface area contributed by atoms with Crippen molar-refractivity contribution in [2.75, 3.05) is 26.2 Å². The summed E-state index contributed by atoms with van der Waals surface area (Å²) in [5.74, 6) is -4.71. The average molecular weight is 565 g/mol. The predicted octanol–water partition coefficient (Wildman–Crippen LogP) is 4.04. The number of benzene rings is 2. The lowest BCUT2D eigenvalue weighted by Gasteiger charge is -2.35. The number of nitrogens with one attached hydrogen (secondary N) is 1. The van der Waals surface area contributed by atoms with Crippen LogP contribution in [-0.4, -0.2) is 55.7 Å². The highest BCUT2D eigenvalue weighted by molar-refractivity contribution is 6.24. The van der Waals surface area contributed by atoms with Gasteiger partial charge in [0.25, 0.3) is 0 Å². The van der Waals surface area contributed by atoms with Crippen molar-refractivity contribution >= 4 is 29.4 Å². The van der Waals surface area contributed by atoms with Crippen molar-refractivity contribution in [2.45, 2.75) is 57.0 Å². The molecule has 2 saturated heterocycles. The fourth-order valence-electron chi connectivity index (χ4n) is 7.10. The molecule has 2 amide bonds. The molecule has 3 fully saturated rings. The van der Waals surface area contributed by atoms with Gasteiger partial charge in [-0.25, -0.2) is 9.69 Å². The summed E-state index contributed by atoms with van der Waals surface area (Å²) in [6, 6.07) is 9.13. The molecule has 0 bridgehead atoms. The van der Waals surface area contributed by atoms with Gasteiger partial charge in [-0.05, 0) is 42.5 Å². The van der Waals surface area contributed by atoms with Crippen molar-refractivity contribution < 1.29 is 38.5 Å². The van der Waals surface area contributed by atoms with Crippen LogP contribution in [0.5, 0.6) is 11.5 Å². The third-order valence-corrected chi connectivity index (χ3v) is 9.01. The van der Waals surface area contributed by atoms with E-state index in [0.717, 1.165) is 37.0 Å². The number of carbonyl (C=O) groups is 4. The van der Waals surface area contributed by atoms with Crippen LogP contribution in [0.4, 0.5) is 5.69 Å². The quantitative estimate of drug-likeness (QED) is 0.360. The van der Waals surface area contributed by atoms with Crippen LogP contribution in [-0.2, 0) is 19.1 Å². The SMILES string of the molecule is COC(=O)c1c(OC)cc(OC)cc1C1NC(CC2CCCCC2)(C(=O)O)C2C(=O)N(c3ccccc3C)C(=O)C12. The Morgan fingerprint density at radius 1 is 1.02 bits per heavy atom. The number of carboxylic acid groups (broad SMARTS) is 1. The number of carbonyl (C=O) groups excluding carboxylic acids is 3. The van der Waals surface area contributed by atoms with E-state index in [1.165, 1.54) is 27.4 Å². The molecule has 0 spiro atoms. The average Bonchev–Trinajstić information content (AvgIpc) is 3.46. The van der Waals surface area contributed by atoms with Gasteiger partial charge in [-0.1, -0.05) is 50.3 Å². The van der Waals surface area contributed by atoms with E-state index in [9.17, 15) is 24.3 Å². The maximum Gasteiger partial charge on any atom is 0.341 e. The summed E-state index contributed by atoms with van der Waals surface area (Å²) in [6.45, 7) is 1.80. The number of anilines is 1. The molecule has 2 aromatic carbocycles. The van der Waals surface area contributed by atoms with E-state index in [-0.39, 0.29) is 29.2 Å². The molecule has 0 aromatic heterocycles. The first-order valence-electron chi connectivity index (χ1n) is 14.0. The normalized spacial score (nSPS) is 26.1. The van der Waals surface area contributed by atoms with Crippen LogP contribution >= 0.6 is 0 Å². The largest absolute Gasteiger partial charge is 0.497 e. The van der Waals surface area contributed by atoms with Crippen molar-refractivity contribution in [3.8, 4) is 11.5 Å². The summed E-state index contributed by atoms with van der Waals surface area (Å²) in [7, 11) is 4.08. The molecule has 2 N–H and O–H groups in total. The highest BCUT2D eigenvalue weighted by Crippen LogP contribution is 2.54. The Hall–Kier alpha value is -3.92. The number of fused-ring (bicyclic) bond motifs is 1. The maximum absolute atomic E-state index is 14.3. The van der Waals surface area contributed by atoms with E-state index in [4.69, 9.17) is 14.2 Å². The molecule has 218 valence electrons. The van der Waals surface area contributed by atoms with Crippen LogP contribution in [0.2, 0.25) is 0 Å². The number of hydrogen-bond acceptors (Lipinski definition) is 8. The molecular formula is C31H36N2O8. The van der Waals surface area contributed by atoms with Crippen molar-refractivity contribution in [1.29, 1.82) is 0 Å². The molecule has 2 aromatic rings. The van der Waals surface area contributed by atoms with E-state index in [1.54, 1.807) is 31.2 Å². The third-order valence-electron chi connectivity index (χ3n) is 9.01. The summed E-state index contributed by atoms with van der Waals surface area (Å²) in [4.78, 5) is 56.1. The van der Waals surface area contributed by atoms with Gasteiger partial charge in [0.15, 0.2) is 0 Å². The molecule has 1 aliphatic carbocycles. The Morgan fingerprint density at radius 2 is 1.73 bits per heavy atom. The van der Waals surface area contributed by atoms with Crippen molar-refractivity contribution in [1.82, 2.24) is 5.32 Å². The smallest absolute Gasteiger partial charge is 0.341 e. The van der Waals surface area contributed by atoms with Gasteiger partial charge in [0.2, 0.25) is 11.8 Å². The number of esters is 1. The number of rotatable bonds is 8. The van der Waals surface area contributed by atoms with Crippen LogP contribution in [0, 0.1) is 24.7 Å². The van der Waals surface area contributed by atoms with E-state index in [0.29, 0.717) is 17.0 Å². The fourth-order valence-corrected chi connectivity index (χ4v) is 7.10. The Bertz CT molecular complexity index is 1380. The fraction of sp³-hybridized carbons (Fsp3) is 0.484. The molecule has 4 atom stereocenters. The monoisotopic (exact) mass is 564 g/mol. The number of amides is 2. The zero-order valence-corrected chi connectivity index (χ0v) is 23.8. The number of hydrogen-bond donors (Lipinski definition) is 2. The molecule has 3 aliphatic rings. The van der Waals surface area contributed by atoms with Gasteiger partial charge in [0, 0.05) is 12.1 Å². The van der Waals surface area contributed by atoms with E-state index < -0.39 is 47.2 Å². The molecule has 1 saturated carbocycles. The molecule has 4 unspecified atom stereocenters. The number of nitrogens with zero attached hydrogens (tertiary/aromatic N) is 1. The summed E-state index contributed by atoms with van der Waals surface area (Å²) in [5.41, 5.74) is -0.275. The highest BCUT2D eigenvalue weighted by atomic mass is 16.5. The number of carboxylic acids is 1. The van der Waals surface area contributed by atoms with Crippen LogP contribution in [0.3, 0.4) is 0 Å². The lowest BCUT2D eigenvalue weighted by Crippen LogP contribution is -2.57. The Balaban J connectivity index is 1.73. The summed E-state index contributed by atoms with van der Waals surface area (Å²) in [6.07, 6.45) is 4.95. The van der Waals surface area contributed by atoms with Gasteiger partial charge < -0.3 is 19.3 Å². The number of ether oxygens (including phenoxy) is 3. The molecule has 0 radical (unpaired) electrons. The Labute approximate surface area is 238 Å². The van der Waals surface area contributed by atoms with Gasteiger partial charge >= 0.3 is 11.9 Å². The molecule has 2 heterocycles. The summed E-state index contributed by atoms with van der Waals surface area (Å²) >= 11 is 0. The number of methoxy groups -OCH3 is 3. The Morgan fingerprint density at radius 3 is 2.34 bits per heavy atom. The van der Waals surface area contributed by atoms with Gasteiger partial charge in [0.05, 0.1) is 38.9 Å². The number of aliphatic carboxylic acids is 1. The lowest BCUT2D eigenvalue weighted by molar-refractivity contribution is -0.150. The van der Waals surface area contributed by atoms with Gasteiger partial charge in [0.1, 0.15) is 22.6 Å². The second-order valence-electron chi connectivity index (χ2n) is 11.2. The van der Waals surface area contributed by atoms with Crippen LogP contribution < -0.4 is 19.7 Å². The number of para-hydroxylation sites is 1. The van der Waals surface area contributed by atoms with E-state index in [2.05, 4.69) is 5.32 Å². The van der Waals surface area contributed by atoms with E-state index in [1.807, 2.05) is 6.07 Å². The minimum Gasteiger partial charge on any atom is -0.497 e. The zero-order chi connectivity index (χ0) is 29.5. The number of aryl methyl sites for hydroxylation is 1. The first-order valence-corrected chi connectivity index (χ1v) is 14.0.